The molecule has 106 valence electrons. The highest BCUT2D eigenvalue weighted by atomic mass is 32.1. The zero-order chi connectivity index (χ0) is 13.7. The van der Waals surface area contributed by atoms with Crippen LogP contribution in [0.4, 0.5) is 0 Å². The van der Waals surface area contributed by atoms with Crippen molar-refractivity contribution < 1.29 is 0 Å². The molecule has 1 aliphatic heterocycles. The number of benzene rings is 1. The van der Waals surface area contributed by atoms with Crippen LogP contribution in [0.2, 0.25) is 0 Å². The Bertz CT molecular complexity index is 368. The van der Waals surface area contributed by atoms with Crippen molar-refractivity contribution in [2.75, 3.05) is 39.0 Å². The molecule has 1 heterocycles. The monoisotopic (exact) mass is 278 g/mol. The van der Waals surface area contributed by atoms with E-state index in [1.807, 2.05) is 0 Å². The SMILES string of the molecule is CC1CN(C)CCCN1CC(CS)c1ccccc1. The van der Waals surface area contributed by atoms with Crippen LogP contribution in [0.3, 0.4) is 0 Å². The Morgan fingerprint density at radius 2 is 2.00 bits per heavy atom. The highest BCUT2D eigenvalue weighted by Crippen LogP contribution is 2.21. The molecule has 3 heteroatoms. The molecule has 0 radical (unpaired) electrons. The standard InChI is InChI=1S/C16H26N2S/c1-14-11-17(2)9-6-10-18(14)12-16(13-19)15-7-4-3-5-8-15/h3-5,7-8,14,16,19H,6,9-13H2,1-2H3. The molecule has 1 aromatic carbocycles. The molecule has 2 unspecified atom stereocenters. The van der Waals surface area contributed by atoms with E-state index in [4.69, 9.17) is 0 Å². The molecule has 0 saturated carbocycles. The molecule has 0 aromatic heterocycles. The smallest absolute Gasteiger partial charge is 0.0195 e. The fourth-order valence-corrected chi connectivity index (χ4v) is 3.30. The Morgan fingerprint density at radius 3 is 2.68 bits per heavy atom. The van der Waals surface area contributed by atoms with Crippen LogP contribution >= 0.6 is 12.6 Å². The molecule has 1 aliphatic rings. The number of hydrogen-bond acceptors (Lipinski definition) is 3. The van der Waals surface area contributed by atoms with E-state index in [1.165, 1.54) is 31.6 Å². The van der Waals surface area contributed by atoms with E-state index in [0.717, 1.165) is 12.3 Å². The molecule has 2 atom stereocenters. The lowest BCUT2D eigenvalue weighted by atomic mass is 10.00. The van der Waals surface area contributed by atoms with Crippen molar-refractivity contribution in [3.05, 3.63) is 35.9 Å². The Balaban J connectivity index is 2.01. The molecular weight excluding hydrogens is 252 g/mol. The number of nitrogens with zero attached hydrogens (tertiary/aromatic N) is 2. The van der Waals surface area contributed by atoms with Crippen LogP contribution in [0.1, 0.15) is 24.8 Å². The van der Waals surface area contributed by atoms with Gasteiger partial charge in [0.2, 0.25) is 0 Å². The number of thiol groups is 1. The van der Waals surface area contributed by atoms with Crippen molar-refractivity contribution in [3.8, 4) is 0 Å². The second-order valence-electron chi connectivity index (χ2n) is 5.75. The fraction of sp³-hybridized carbons (Fsp3) is 0.625. The average Bonchev–Trinajstić information content (AvgIpc) is 2.58. The van der Waals surface area contributed by atoms with E-state index in [1.54, 1.807) is 0 Å². The van der Waals surface area contributed by atoms with E-state index in [0.29, 0.717) is 12.0 Å². The maximum Gasteiger partial charge on any atom is 0.0195 e. The van der Waals surface area contributed by atoms with Gasteiger partial charge in [0.15, 0.2) is 0 Å². The van der Waals surface area contributed by atoms with Gasteiger partial charge in [0, 0.05) is 25.0 Å². The van der Waals surface area contributed by atoms with Crippen LogP contribution in [0, 0.1) is 0 Å². The van der Waals surface area contributed by atoms with Gasteiger partial charge in [-0.3, -0.25) is 4.90 Å². The van der Waals surface area contributed by atoms with Crippen molar-refractivity contribution >= 4 is 12.6 Å². The van der Waals surface area contributed by atoms with Crippen LogP contribution in [-0.4, -0.2) is 54.8 Å². The van der Waals surface area contributed by atoms with Gasteiger partial charge in [-0.1, -0.05) is 30.3 Å². The summed E-state index contributed by atoms with van der Waals surface area (Å²) in [5.74, 6) is 1.46. The van der Waals surface area contributed by atoms with Crippen LogP contribution in [0.5, 0.6) is 0 Å². The molecule has 2 rings (SSSR count). The summed E-state index contributed by atoms with van der Waals surface area (Å²) in [6.07, 6.45) is 1.27. The van der Waals surface area contributed by atoms with Gasteiger partial charge in [-0.2, -0.15) is 12.6 Å². The Kier molecular flexibility index (Phi) is 5.74. The van der Waals surface area contributed by atoms with Crippen molar-refractivity contribution in [3.63, 3.8) is 0 Å². The maximum atomic E-state index is 4.56. The van der Waals surface area contributed by atoms with Crippen molar-refractivity contribution in [2.24, 2.45) is 0 Å². The first-order chi connectivity index (χ1) is 9.20. The van der Waals surface area contributed by atoms with E-state index < -0.39 is 0 Å². The minimum absolute atomic E-state index is 0.537. The third kappa shape index (κ3) is 4.23. The molecule has 0 aliphatic carbocycles. The summed E-state index contributed by atoms with van der Waals surface area (Å²) in [5.41, 5.74) is 1.42. The van der Waals surface area contributed by atoms with Gasteiger partial charge in [0.05, 0.1) is 0 Å². The number of likely N-dealkylation sites (N-methyl/N-ethyl adjacent to an activating group) is 1. The zero-order valence-corrected chi connectivity index (χ0v) is 13.0. The van der Waals surface area contributed by atoms with Crippen LogP contribution in [0.15, 0.2) is 30.3 Å². The van der Waals surface area contributed by atoms with E-state index in [2.05, 4.69) is 66.7 Å². The van der Waals surface area contributed by atoms with Gasteiger partial charge in [-0.05, 0) is 44.8 Å². The molecule has 1 fully saturated rings. The second-order valence-corrected chi connectivity index (χ2v) is 6.12. The van der Waals surface area contributed by atoms with Crippen LogP contribution in [0.25, 0.3) is 0 Å². The lowest BCUT2D eigenvalue weighted by Gasteiger charge is -2.31. The zero-order valence-electron chi connectivity index (χ0n) is 12.1. The lowest BCUT2D eigenvalue weighted by Crippen LogP contribution is -2.40. The van der Waals surface area contributed by atoms with Crippen molar-refractivity contribution in [1.29, 1.82) is 0 Å². The third-order valence-corrected chi connectivity index (χ3v) is 4.57. The lowest BCUT2D eigenvalue weighted by molar-refractivity contribution is 0.194. The molecule has 0 bridgehead atoms. The minimum Gasteiger partial charge on any atom is -0.305 e. The van der Waals surface area contributed by atoms with Crippen molar-refractivity contribution in [2.45, 2.75) is 25.3 Å². The number of hydrogen-bond donors (Lipinski definition) is 1. The Hall–Kier alpha value is -0.510. The molecular formula is C16H26N2S. The van der Waals surface area contributed by atoms with Gasteiger partial charge in [0.25, 0.3) is 0 Å². The van der Waals surface area contributed by atoms with Crippen LogP contribution < -0.4 is 0 Å². The van der Waals surface area contributed by atoms with Gasteiger partial charge in [-0.15, -0.1) is 0 Å². The van der Waals surface area contributed by atoms with E-state index >= 15 is 0 Å². The predicted octanol–water partition coefficient (Wildman–Crippen LogP) is 2.73. The summed E-state index contributed by atoms with van der Waals surface area (Å²) in [6.45, 7) is 7.08. The summed E-state index contributed by atoms with van der Waals surface area (Å²) in [4.78, 5) is 5.08. The Morgan fingerprint density at radius 1 is 1.26 bits per heavy atom. The average molecular weight is 278 g/mol. The Labute approximate surface area is 123 Å². The van der Waals surface area contributed by atoms with Gasteiger partial charge < -0.3 is 4.90 Å². The van der Waals surface area contributed by atoms with E-state index in [-0.39, 0.29) is 0 Å². The second kappa shape index (κ2) is 7.32. The van der Waals surface area contributed by atoms with Crippen molar-refractivity contribution in [1.82, 2.24) is 9.80 Å². The van der Waals surface area contributed by atoms with Crippen LogP contribution in [-0.2, 0) is 0 Å². The van der Waals surface area contributed by atoms with Gasteiger partial charge in [-0.25, -0.2) is 0 Å². The van der Waals surface area contributed by atoms with Gasteiger partial charge >= 0.3 is 0 Å². The summed E-state index contributed by atoms with van der Waals surface area (Å²) >= 11 is 4.56. The molecule has 0 spiro atoms. The molecule has 0 N–H and O–H groups in total. The quantitative estimate of drug-likeness (QED) is 0.846. The topological polar surface area (TPSA) is 6.48 Å². The first-order valence-electron chi connectivity index (χ1n) is 7.29. The molecule has 1 saturated heterocycles. The summed E-state index contributed by atoms with van der Waals surface area (Å²) in [7, 11) is 2.23. The third-order valence-electron chi connectivity index (χ3n) is 4.13. The normalized spacial score (nSPS) is 24.1. The van der Waals surface area contributed by atoms with Gasteiger partial charge in [0.1, 0.15) is 0 Å². The highest BCUT2D eigenvalue weighted by Gasteiger charge is 2.22. The molecule has 0 amide bonds. The fourth-order valence-electron chi connectivity index (χ4n) is 2.97. The first kappa shape index (κ1) is 14.9. The summed E-state index contributed by atoms with van der Waals surface area (Å²) in [6, 6.07) is 11.4. The summed E-state index contributed by atoms with van der Waals surface area (Å²) < 4.78 is 0. The highest BCUT2D eigenvalue weighted by molar-refractivity contribution is 7.80. The largest absolute Gasteiger partial charge is 0.305 e. The summed E-state index contributed by atoms with van der Waals surface area (Å²) in [5, 5.41) is 0. The molecule has 1 aromatic rings. The minimum atomic E-state index is 0.537. The van der Waals surface area contributed by atoms with E-state index in [9.17, 15) is 0 Å². The molecule has 19 heavy (non-hydrogen) atoms. The molecule has 2 nitrogen and oxygen atoms in total. The predicted molar refractivity (Wildman–Crippen MR) is 86.2 cm³/mol. The maximum absolute atomic E-state index is 4.56. The number of rotatable bonds is 4. The first-order valence-corrected chi connectivity index (χ1v) is 7.92.